The van der Waals surface area contributed by atoms with Gasteiger partial charge in [0.2, 0.25) is 0 Å². The third-order valence-corrected chi connectivity index (χ3v) is 11.9. The van der Waals surface area contributed by atoms with Crippen LogP contribution in [-0.2, 0) is 5.41 Å². The maximum atomic E-state index is 6.86. The van der Waals surface area contributed by atoms with Crippen molar-refractivity contribution in [1.82, 2.24) is 4.57 Å². The van der Waals surface area contributed by atoms with Gasteiger partial charge >= 0.3 is 0 Å². The highest BCUT2D eigenvalue weighted by Gasteiger charge is 2.38. The van der Waals surface area contributed by atoms with Gasteiger partial charge in [-0.2, -0.15) is 0 Å². The zero-order chi connectivity index (χ0) is 36.0. The number of hydrogen-bond donors (Lipinski definition) is 0. The van der Waals surface area contributed by atoms with Gasteiger partial charge in [-0.3, -0.25) is 0 Å². The van der Waals surface area contributed by atoms with E-state index in [4.69, 9.17) is 4.42 Å². The zero-order valence-corrected chi connectivity index (χ0v) is 30.4. The zero-order valence-electron chi connectivity index (χ0n) is 30.4. The number of anilines is 3. The molecule has 0 saturated carbocycles. The molecule has 0 atom stereocenters. The van der Waals surface area contributed by atoms with E-state index >= 15 is 0 Å². The molecule has 0 amide bonds. The third kappa shape index (κ3) is 4.48. The van der Waals surface area contributed by atoms with E-state index in [1.54, 1.807) is 5.57 Å². The van der Waals surface area contributed by atoms with E-state index in [1.165, 1.54) is 33.2 Å². The fourth-order valence-corrected chi connectivity index (χ4v) is 9.34. The topological polar surface area (TPSA) is 21.3 Å². The first-order valence-corrected chi connectivity index (χ1v) is 19.0. The first-order valence-electron chi connectivity index (χ1n) is 19.0. The maximum Gasteiger partial charge on any atom is 0.160 e. The summed E-state index contributed by atoms with van der Waals surface area (Å²) in [6, 6.07) is 57.2. The van der Waals surface area contributed by atoms with Gasteiger partial charge < -0.3 is 13.9 Å². The summed E-state index contributed by atoms with van der Waals surface area (Å²) < 4.78 is 9.25. The van der Waals surface area contributed by atoms with E-state index < -0.39 is 0 Å². The van der Waals surface area contributed by atoms with E-state index in [0.717, 1.165) is 73.9 Å². The first-order chi connectivity index (χ1) is 26.6. The molecule has 0 radical (unpaired) electrons. The Morgan fingerprint density at radius 3 is 2.13 bits per heavy atom. The second kappa shape index (κ2) is 11.7. The van der Waals surface area contributed by atoms with E-state index in [0.29, 0.717) is 0 Å². The summed E-state index contributed by atoms with van der Waals surface area (Å²) in [6.07, 6.45) is 6.90. The lowest BCUT2D eigenvalue weighted by molar-refractivity contribution is 0.607. The van der Waals surface area contributed by atoms with Crippen molar-refractivity contribution in [3.05, 3.63) is 187 Å². The Balaban J connectivity index is 1.25. The molecule has 2 aliphatic carbocycles. The average Bonchev–Trinajstić information content (AvgIpc) is 3.85. The van der Waals surface area contributed by atoms with Crippen molar-refractivity contribution in [3.63, 3.8) is 0 Å². The summed E-state index contributed by atoms with van der Waals surface area (Å²) in [5.74, 6) is 0. The molecule has 0 N–H and O–H groups in total. The van der Waals surface area contributed by atoms with Crippen molar-refractivity contribution in [2.24, 2.45) is 0 Å². The molecule has 258 valence electrons. The van der Waals surface area contributed by atoms with Crippen molar-refractivity contribution in [3.8, 4) is 16.8 Å². The van der Waals surface area contributed by atoms with E-state index in [-0.39, 0.29) is 5.41 Å². The van der Waals surface area contributed by atoms with Gasteiger partial charge in [0.1, 0.15) is 5.58 Å². The Kier molecular flexibility index (Phi) is 6.72. The van der Waals surface area contributed by atoms with Crippen LogP contribution in [0.25, 0.3) is 66.1 Å². The molecular formula is C51H38N2O. The van der Waals surface area contributed by atoms with Gasteiger partial charge in [-0.05, 0) is 95.3 Å². The van der Waals surface area contributed by atoms with Crippen LogP contribution in [0.1, 0.15) is 37.8 Å². The molecule has 3 heteroatoms. The first kappa shape index (κ1) is 31.0. The fraction of sp³-hybridized carbons (Fsp3) is 0.0980. The standard InChI is InChI=1S/C51H38N2O/c1-51(2)43-22-12-9-19-38(43)39-30-29-37(31-44(39)51)52(36-27-25-34(26-28-36)33-15-5-3-6-16-33)46-32-42-40-20-11-14-24-47(40)54-50(42)49-48(46)41-21-10-13-23-45(41)53(49)35-17-7-4-8-18-35/h3-11,13-21,23-32H,12,22H2,1-2H3. The number of hydrogen-bond acceptors (Lipinski definition) is 2. The number of nitrogens with zero attached hydrogens (tertiary/aromatic N) is 2. The van der Waals surface area contributed by atoms with Crippen LogP contribution in [0.5, 0.6) is 0 Å². The molecule has 7 aromatic carbocycles. The van der Waals surface area contributed by atoms with Crippen LogP contribution in [0.15, 0.2) is 180 Å². The quantitative estimate of drug-likeness (QED) is 0.179. The molecule has 0 saturated heterocycles. The summed E-state index contributed by atoms with van der Waals surface area (Å²) in [7, 11) is 0. The normalized spacial score (nSPS) is 14.7. The Bertz CT molecular complexity index is 2990. The number of furan rings is 1. The van der Waals surface area contributed by atoms with E-state index in [1.807, 2.05) is 0 Å². The van der Waals surface area contributed by atoms with Crippen molar-refractivity contribution in [2.45, 2.75) is 32.1 Å². The van der Waals surface area contributed by atoms with Gasteiger partial charge in [-0.1, -0.05) is 135 Å². The van der Waals surface area contributed by atoms with Gasteiger partial charge in [0.05, 0.1) is 16.7 Å². The minimum absolute atomic E-state index is 0.0579. The summed E-state index contributed by atoms with van der Waals surface area (Å²) in [6.45, 7) is 4.82. The van der Waals surface area contributed by atoms with Crippen LogP contribution in [0, 0.1) is 0 Å². The molecule has 3 nitrogen and oxygen atoms in total. The molecule has 0 unspecified atom stereocenters. The molecule has 54 heavy (non-hydrogen) atoms. The summed E-state index contributed by atoms with van der Waals surface area (Å²) in [5, 5.41) is 4.55. The monoisotopic (exact) mass is 694 g/mol. The summed E-state index contributed by atoms with van der Waals surface area (Å²) in [4.78, 5) is 2.49. The SMILES string of the molecule is CC1(C)C2=C(C=CCC2)c2ccc(N(c3ccc(-c4ccccc4)cc3)c3cc4c5ccccc5oc4c4c3c3ccccc3n4-c3ccccc3)cc21. The number of aromatic nitrogens is 1. The molecule has 0 bridgehead atoms. The van der Waals surface area contributed by atoms with Gasteiger partial charge in [0.15, 0.2) is 5.58 Å². The average molecular weight is 695 g/mol. The van der Waals surface area contributed by atoms with Crippen molar-refractivity contribution < 1.29 is 4.42 Å². The lowest BCUT2D eigenvalue weighted by Gasteiger charge is -2.30. The Morgan fingerprint density at radius 1 is 0.630 bits per heavy atom. The molecule has 2 aliphatic rings. The highest BCUT2D eigenvalue weighted by atomic mass is 16.3. The molecule has 0 fully saturated rings. The van der Waals surface area contributed by atoms with Gasteiger partial charge in [0.25, 0.3) is 0 Å². The minimum atomic E-state index is -0.0579. The molecule has 9 aromatic rings. The predicted octanol–water partition coefficient (Wildman–Crippen LogP) is 14.2. The molecule has 0 aliphatic heterocycles. The molecule has 2 heterocycles. The second-order valence-electron chi connectivity index (χ2n) is 15.2. The van der Waals surface area contributed by atoms with Gasteiger partial charge in [-0.15, -0.1) is 0 Å². The highest BCUT2D eigenvalue weighted by molar-refractivity contribution is 6.27. The van der Waals surface area contributed by atoms with Crippen molar-refractivity contribution >= 4 is 66.4 Å². The van der Waals surface area contributed by atoms with E-state index in [9.17, 15) is 0 Å². The lowest BCUT2D eigenvalue weighted by Crippen LogP contribution is -2.19. The van der Waals surface area contributed by atoms with Crippen LogP contribution >= 0.6 is 0 Å². The van der Waals surface area contributed by atoms with Gasteiger partial charge in [0, 0.05) is 44.0 Å². The Morgan fingerprint density at radius 2 is 1.31 bits per heavy atom. The van der Waals surface area contributed by atoms with Crippen LogP contribution in [0.4, 0.5) is 17.1 Å². The van der Waals surface area contributed by atoms with Crippen LogP contribution in [-0.4, -0.2) is 4.57 Å². The molecule has 11 rings (SSSR count). The number of rotatable bonds is 5. The number of allylic oxidation sites excluding steroid dienone is 4. The second-order valence-corrected chi connectivity index (χ2v) is 15.2. The Hall–Kier alpha value is -6.58. The third-order valence-electron chi connectivity index (χ3n) is 11.9. The summed E-state index contributed by atoms with van der Waals surface area (Å²) >= 11 is 0. The smallest absolute Gasteiger partial charge is 0.160 e. The predicted molar refractivity (Wildman–Crippen MR) is 226 cm³/mol. The van der Waals surface area contributed by atoms with Crippen LogP contribution < -0.4 is 4.90 Å². The molecule has 2 aromatic heterocycles. The Labute approximate surface area is 314 Å². The van der Waals surface area contributed by atoms with Crippen molar-refractivity contribution in [1.29, 1.82) is 0 Å². The maximum absolute atomic E-state index is 6.86. The number of benzene rings is 7. The van der Waals surface area contributed by atoms with Crippen LogP contribution in [0.2, 0.25) is 0 Å². The number of fused-ring (bicyclic) bond motifs is 9. The van der Waals surface area contributed by atoms with Crippen LogP contribution in [0.3, 0.4) is 0 Å². The minimum Gasteiger partial charge on any atom is -0.454 e. The molecular weight excluding hydrogens is 657 g/mol. The van der Waals surface area contributed by atoms with Crippen molar-refractivity contribution in [2.75, 3.05) is 4.90 Å². The fourth-order valence-electron chi connectivity index (χ4n) is 9.34. The van der Waals surface area contributed by atoms with Gasteiger partial charge in [-0.25, -0.2) is 0 Å². The molecule has 0 spiro atoms. The summed E-state index contributed by atoms with van der Waals surface area (Å²) in [5.41, 5.74) is 16.5. The van der Waals surface area contributed by atoms with E-state index in [2.05, 4.69) is 193 Å². The number of para-hydroxylation sites is 3. The largest absolute Gasteiger partial charge is 0.454 e. The highest BCUT2D eigenvalue weighted by Crippen LogP contribution is 2.53. The lowest BCUT2D eigenvalue weighted by atomic mass is 9.78.